The first-order chi connectivity index (χ1) is 13.9. The molecular formula is C24H29NO4. The van der Waals surface area contributed by atoms with E-state index in [1.165, 1.54) is 12.8 Å². The van der Waals surface area contributed by atoms with Crippen LogP contribution in [0.4, 0.5) is 0 Å². The number of ether oxygens (including phenoxy) is 1. The van der Waals surface area contributed by atoms with Crippen LogP contribution < -0.4 is 10.1 Å². The van der Waals surface area contributed by atoms with Gasteiger partial charge in [0, 0.05) is 6.42 Å². The fraction of sp³-hybridized carbons (Fsp3) is 0.417. The Balaban J connectivity index is 1.57. The summed E-state index contributed by atoms with van der Waals surface area (Å²) in [5.41, 5.74) is 3.68. The molecule has 0 saturated heterocycles. The van der Waals surface area contributed by atoms with Crippen LogP contribution >= 0.6 is 0 Å². The Bertz CT molecular complexity index is 871. The van der Waals surface area contributed by atoms with Gasteiger partial charge in [-0.2, -0.15) is 0 Å². The largest absolute Gasteiger partial charge is 0.490 e. The quantitative estimate of drug-likeness (QED) is 0.690. The molecule has 0 heterocycles. The maximum Gasteiger partial charge on any atom is 0.330 e. The lowest BCUT2D eigenvalue weighted by atomic mass is 10.0. The third-order valence-corrected chi connectivity index (χ3v) is 5.56. The topological polar surface area (TPSA) is 75.6 Å². The van der Waals surface area contributed by atoms with E-state index in [0.29, 0.717) is 18.1 Å². The summed E-state index contributed by atoms with van der Waals surface area (Å²) in [4.78, 5) is 24.1. The van der Waals surface area contributed by atoms with E-state index < -0.39 is 12.0 Å². The van der Waals surface area contributed by atoms with Crippen molar-refractivity contribution in [3.63, 3.8) is 0 Å². The molecule has 1 saturated carbocycles. The van der Waals surface area contributed by atoms with Crippen molar-refractivity contribution in [3.8, 4) is 5.75 Å². The third kappa shape index (κ3) is 5.83. The van der Waals surface area contributed by atoms with E-state index in [1.54, 1.807) is 6.07 Å². The standard InChI is InChI=1S/C24H29NO4/c1-16-10-12-19(14-17(16)2)23(24(27)28)25-22(26)13-11-18-6-5-9-21(15-18)29-20-7-3-4-8-20/h5-6,9-10,12,14-15,20,23H,3-4,7-8,11,13H2,1-2H3,(H,25,26)(H,27,28). The number of benzene rings is 2. The smallest absolute Gasteiger partial charge is 0.330 e. The second-order valence-electron chi connectivity index (χ2n) is 7.85. The number of carbonyl (C=O) groups excluding carboxylic acids is 1. The van der Waals surface area contributed by atoms with E-state index in [1.807, 2.05) is 50.2 Å². The van der Waals surface area contributed by atoms with E-state index in [4.69, 9.17) is 4.74 Å². The molecule has 1 amide bonds. The number of aliphatic carboxylic acids is 1. The van der Waals surface area contributed by atoms with Gasteiger partial charge < -0.3 is 15.2 Å². The van der Waals surface area contributed by atoms with Gasteiger partial charge in [0.15, 0.2) is 6.04 Å². The lowest BCUT2D eigenvalue weighted by Gasteiger charge is -2.16. The Labute approximate surface area is 172 Å². The molecule has 0 bridgehead atoms. The molecule has 0 aliphatic heterocycles. The number of hydrogen-bond donors (Lipinski definition) is 2. The number of rotatable bonds is 8. The van der Waals surface area contributed by atoms with Gasteiger partial charge in [0.05, 0.1) is 6.10 Å². The minimum absolute atomic E-state index is 0.224. The Morgan fingerprint density at radius 1 is 1.10 bits per heavy atom. The average Bonchev–Trinajstić information content (AvgIpc) is 3.20. The van der Waals surface area contributed by atoms with Crippen molar-refractivity contribution in [2.45, 2.75) is 64.5 Å². The van der Waals surface area contributed by atoms with Gasteiger partial charge >= 0.3 is 5.97 Å². The molecule has 1 atom stereocenters. The average molecular weight is 395 g/mol. The minimum atomic E-state index is -1.06. The SMILES string of the molecule is Cc1ccc(C(NC(=O)CCc2cccc(OC3CCCC3)c2)C(=O)O)cc1C. The number of carbonyl (C=O) groups is 2. The van der Waals surface area contributed by atoms with Crippen LogP contribution in [0, 0.1) is 13.8 Å². The summed E-state index contributed by atoms with van der Waals surface area (Å²) in [7, 11) is 0. The second kappa shape index (κ2) is 9.59. The molecule has 2 N–H and O–H groups in total. The molecule has 0 spiro atoms. The first kappa shape index (κ1) is 20.9. The molecule has 1 aliphatic rings. The molecule has 154 valence electrons. The molecule has 1 aliphatic carbocycles. The predicted octanol–water partition coefficient (Wildman–Crippen LogP) is 4.50. The van der Waals surface area contributed by atoms with Crippen LogP contribution in [0.25, 0.3) is 0 Å². The zero-order valence-corrected chi connectivity index (χ0v) is 17.1. The number of amides is 1. The van der Waals surface area contributed by atoms with Crippen molar-refractivity contribution in [1.82, 2.24) is 5.32 Å². The second-order valence-corrected chi connectivity index (χ2v) is 7.85. The molecular weight excluding hydrogens is 366 g/mol. The molecule has 2 aromatic carbocycles. The zero-order valence-electron chi connectivity index (χ0n) is 17.1. The molecule has 29 heavy (non-hydrogen) atoms. The van der Waals surface area contributed by atoms with E-state index >= 15 is 0 Å². The van der Waals surface area contributed by atoms with Crippen molar-refractivity contribution < 1.29 is 19.4 Å². The Morgan fingerprint density at radius 2 is 1.86 bits per heavy atom. The fourth-order valence-corrected chi connectivity index (χ4v) is 3.70. The van der Waals surface area contributed by atoms with E-state index in [-0.39, 0.29) is 12.3 Å². The van der Waals surface area contributed by atoms with Crippen molar-refractivity contribution in [2.24, 2.45) is 0 Å². The van der Waals surface area contributed by atoms with Crippen LogP contribution in [-0.2, 0) is 16.0 Å². The van der Waals surface area contributed by atoms with Crippen LogP contribution in [-0.4, -0.2) is 23.1 Å². The zero-order chi connectivity index (χ0) is 20.8. The highest BCUT2D eigenvalue weighted by atomic mass is 16.5. The lowest BCUT2D eigenvalue weighted by molar-refractivity contribution is -0.142. The molecule has 5 heteroatoms. The van der Waals surface area contributed by atoms with Crippen molar-refractivity contribution in [2.75, 3.05) is 0 Å². The van der Waals surface area contributed by atoms with Gasteiger partial charge in [0.25, 0.3) is 0 Å². The first-order valence-electron chi connectivity index (χ1n) is 10.3. The maximum absolute atomic E-state index is 12.4. The van der Waals surface area contributed by atoms with E-state index in [2.05, 4.69) is 5.32 Å². The fourth-order valence-electron chi connectivity index (χ4n) is 3.70. The summed E-state index contributed by atoms with van der Waals surface area (Å²) in [6.07, 6.45) is 5.69. The van der Waals surface area contributed by atoms with E-state index in [9.17, 15) is 14.7 Å². The molecule has 2 aromatic rings. The Morgan fingerprint density at radius 3 is 2.55 bits per heavy atom. The molecule has 0 radical (unpaired) electrons. The molecule has 3 rings (SSSR count). The van der Waals surface area contributed by atoms with Gasteiger partial charge in [-0.25, -0.2) is 4.79 Å². The van der Waals surface area contributed by atoms with Gasteiger partial charge in [-0.05, 0) is 80.3 Å². The van der Waals surface area contributed by atoms with Crippen molar-refractivity contribution in [3.05, 3.63) is 64.7 Å². The molecule has 1 fully saturated rings. The summed E-state index contributed by atoms with van der Waals surface area (Å²) in [6, 6.07) is 12.2. The summed E-state index contributed by atoms with van der Waals surface area (Å²) < 4.78 is 6.02. The molecule has 5 nitrogen and oxygen atoms in total. The van der Waals surface area contributed by atoms with Gasteiger partial charge in [-0.1, -0.05) is 30.3 Å². The van der Waals surface area contributed by atoms with Crippen LogP contribution in [0.3, 0.4) is 0 Å². The van der Waals surface area contributed by atoms with Gasteiger partial charge in [-0.15, -0.1) is 0 Å². The molecule has 1 unspecified atom stereocenters. The Hall–Kier alpha value is -2.82. The van der Waals surface area contributed by atoms with Crippen LogP contribution in [0.15, 0.2) is 42.5 Å². The lowest BCUT2D eigenvalue weighted by Crippen LogP contribution is -2.33. The van der Waals surface area contributed by atoms with Gasteiger partial charge in [-0.3, -0.25) is 4.79 Å². The summed E-state index contributed by atoms with van der Waals surface area (Å²) >= 11 is 0. The number of carboxylic acids is 1. The summed E-state index contributed by atoms with van der Waals surface area (Å²) in [5, 5.41) is 12.2. The monoisotopic (exact) mass is 395 g/mol. The van der Waals surface area contributed by atoms with Gasteiger partial charge in [0.2, 0.25) is 5.91 Å². The molecule has 0 aromatic heterocycles. The Kier molecular flexibility index (Phi) is 6.91. The number of aryl methyl sites for hydroxylation is 3. The summed E-state index contributed by atoms with van der Waals surface area (Å²) in [6.45, 7) is 3.90. The first-order valence-corrected chi connectivity index (χ1v) is 10.3. The van der Waals surface area contributed by atoms with Crippen LogP contribution in [0.5, 0.6) is 5.75 Å². The van der Waals surface area contributed by atoms with Crippen molar-refractivity contribution in [1.29, 1.82) is 0 Å². The number of hydrogen-bond acceptors (Lipinski definition) is 3. The highest BCUT2D eigenvalue weighted by Crippen LogP contribution is 2.25. The minimum Gasteiger partial charge on any atom is -0.490 e. The van der Waals surface area contributed by atoms with Gasteiger partial charge in [0.1, 0.15) is 5.75 Å². The predicted molar refractivity (Wildman–Crippen MR) is 112 cm³/mol. The number of nitrogens with one attached hydrogen (secondary N) is 1. The van der Waals surface area contributed by atoms with Crippen molar-refractivity contribution >= 4 is 11.9 Å². The van der Waals surface area contributed by atoms with Crippen LogP contribution in [0.2, 0.25) is 0 Å². The third-order valence-electron chi connectivity index (χ3n) is 5.56. The van der Waals surface area contributed by atoms with Crippen LogP contribution in [0.1, 0.15) is 60.4 Å². The maximum atomic E-state index is 12.4. The summed E-state index contributed by atoms with van der Waals surface area (Å²) in [5.74, 6) is -0.500. The number of carboxylic acid groups (broad SMARTS) is 1. The normalized spacial score (nSPS) is 15.1. The van der Waals surface area contributed by atoms with E-state index in [0.717, 1.165) is 35.3 Å². The highest BCUT2D eigenvalue weighted by molar-refractivity contribution is 5.84. The highest BCUT2D eigenvalue weighted by Gasteiger charge is 2.22.